The topological polar surface area (TPSA) is 67.2 Å². The SMILES string of the molecule is Cc1ccc(NC(=O)CN(C)C(=O)c2cccc(-n3cccn3)c2)cc1. The summed E-state index contributed by atoms with van der Waals surface area (Å²) in [6.07, 6.45) is 3.48. The number of anilines is 1. The minimum Gasteiger partial charge on any atom is -0.332 e. The van der Waals surface area contributed by atoms with Crippen molar-refractivity contribution in [3.05, 3.63) is 78.1 Å². The molecule has 0 fully saturated rings. The molecule has 0 saturated heterocycles. The molecule has 132 valence electrons. The number of likely N-dealkylation sites (N-methyl/N-ethyl adjacent to an activating group) is 1. The molecule has 1 aromatic heterocycles. The maximum Gasteiger partial charge on any atom is 0.254 e. The zero-order valence-electron chi connectivity index (χ0n) is 14.7. The first-order valence-electron chi connectivity index (χ1n) is 8.25. The Morgan fingerprint density at radius 3 is 2.58 bits per heavy atom. The van der Waals surface area contributed by atoms with Crippen molar-refractivity contribution in [2.24, 2.45) is 0 Å². The largest absolute Gasteiger partial charge is 0.332 e. The minimum atomic E-state index is -0.243. The fourth-order valence-electron chi connectivity index (χ4n) is 2.55. The van der Waals surface area contributed by atoms with Gasteiger partial charge < -0.3 is 10.2 Å². The van der Waals surface area contributed by atoms with Gasteiger partial charge in [0.2, 0.25) is 5.91 Å². The average Bonchev–Trinajstić information content (AvgIpc) is 3.18. The maximum absolute atomic E-state index is 12.6. The molecule has 2 amide bonds. The number of benzene rings is 2. The molecule has 0 saturated carbocycles. The van der Waals surface area contributed by atoms with Crippen molar-refractivity contribution in [3.63, 3.8) is 0 Å². The molecule has 0 atom stereocenters. The monoisotopic (exact) mass is 348 g/mol. The number of hydrogen-bond acceptors (Lipinski definition) is 3. The number of hydrogen-bond donors (Lipinski definition) is 1. The number of aromatic nitrogens is 2. The van der Waals surface area contributed by atoms with Gasteiger partial charge in [-0.3, -0.25) is 9.59 Å². The van der Waals surface area contributed by atoms with E-state index in [-0.39, 0.29) is 18.4 Å². The number of nitrogens with zero attached hydrogens (tertiary/aromatic N) is 3. The van der Waals surface area contributed by atoms with Gasteiger partial charge in [-0.2, -0.15) is 5.10 Å². The smallest absolute Gasteiger partial charge is 0.254 e. The van der Waals surface area contributed by atoms with Crippen LogP contribution in [0, 0.1) is 6.92 Å². The lowest BCUT2D eigenvalue weighted by molar-refractivity contribution is -0.116. The second-order valence-electron chi connectivity index (χ2n) is 6.08. The van der Waals surface area contributed by atoms with Crippen LogP contribution in [0.3, 0.4) is 0 Å². The van der Waals surface area contributed by atoms with Crippen LogP contribution >= 0.6 is 0 Å². The quantitative estimate of drug-likeness (QED) is 0.771. The van der Waals surface area contributed by atoms with Crippen molar-refractivity contribution in [3.8, 4) is 5.69 Å². The summed E-state index contributed by atoms with van der Waals surface area (Å²) in [7, 11) is 1.61. The number of aryl methyl sites for hydroxylation is 1. The van der Waals surface area contributed by atoms with Gasteiger partial charge in [-0.25, -0.2) is 4.68 Å². The molecule has 1 N–H and O–H groups in total. The van der Waals surface area contributed by atoms with Crippen LogP contribution in [0.5, 0.6) is 0 Å². The van der Waals surface area contributed by atoms with Gasteiger partial charge in [0.25, 0.3) is 5.91 Å². The van der Waals surface area contributed by atoms with Gasteiger partial charge in [0.15, 0.2) is 0 Å². The highest BCUT2D eigenvalue weighted by atomic mass is 16.2. The third kappa shape index (κ3) is 4.16. The van der Waals surface area contributed by atoms with E-state index in [1.54, 1.807) is 36.1 Å². The van der Waals surface area contributed by atoms with Crippen LogP contribution in [0.4, 0.5) is 5.69 Å². The Bertz CT molecular complexity index is 902. The fraction of sp³-hybridized carbons (Fsp3) is 0.150. The fourth-order valence-corrected chi connectivity index (χ4v) is 2.55. The molecular formula is C20H20N4O2. The maximum atomic E-state index is 12.6. The number of nitrogens with one attached hydrogen (secondary N) is 1. The first-order chi connectivity index (χ1) is 12.5. The summed E-state index contributed by atoms with van der Waals surface area (Å²) in [6, 6.07) is 16.5. The second-order valence-corrected chi connectivity index (χ2v) is 6.08. The lowest BCUT2D eigenvalue weighted by atomic mass is 10.1. The molecule has 3 aromatic rings. The van der Waals surface area contributed by atoms with Gasteiger partial charge >= 0.3 is 0 Å². The summed E-state index contributed by atoms with van der Waals surface area (Å²) in [5, 5.41) is 6.95. The zero-order chi connectivity index (χ0) is 18.5. The summed E-state index contributed by atoms with van der Waals surface area (Å²) < 4.78 is 1.68. The molecule has 0 unspecified atom stereocenters. The van der Waals surface area contributed by atoms with Crippen molar-refractivity contribution in [2.75, 3.05) is 18.9 Å². The van der Waals surface area contributed by atoms with E-state index in [0.717, 1.165) is 11.3 Å². The van der Waals surface area contributed by atoms with E-state index < -0.39 is 0 Å². The van der Waals surface area contributed by atoms with E-state index in [1.165, 1.54) is 4.90 Å². The summed E-state index contributed by atoms with van der Waals surface area (Å²) >= 11 is 0. The van der Waals surface area contributed by atoms with Gasteiger partial charge in [0.1, 0.15) is 0 Å². The highest BCUT2D eigenvalue weighted by Gasteiger charge is 2.15. The molecule has 1 heterocycles. The van der Waals surface area contributed by atoms with E-state index in [0.29, 0.717) is 11.3 Å². The molecule has 0 radical (unpaired) electrons. The van der Waals surface area contributed by atoms with Gasteiger partial charge in [0.05, 0.1) is 12.2 Å². The third-order valence-corrected chi connectivity index (χ3v) is 3.92. The van der Waals surface area contributed by atoms with Gasteiger partial charge in [-0.05, 0) is 43.3 Å². The summed E-state index contributed by atoms with van der Waals surface area (Å²) in [5.41, 5.74) is 3.12. The predicted molar refractivity (Wildman–Crippen MR) is 100 cm³/mol. The van der Waals surface area contributed by atoms with Crippen LogP contribution in [0.2, 0.25) is 0 Å². The van der Waals surface area contributed by atoms with Crippen molar-refractivity contribution in [1.29, 1.82) is 0 Å². The minimum absolute atomic E-state index is 0.0291. The Kier molecular flexibility index (Phi) is 5.12. The lowest BCUT2D eigenvalue weighted by Gasteiger charge is -2.17. The normalized spacial score (nSPS) is 10.4. The first-order valence-corrected chi connectivity index (χ1v) is 8.25. The Balaban J connectivity index is 1.65. The molecule has 0 spiro atoms. The predicted octanol–water partition coefficient (Wildman–Crippen LogP) is 2.89. The molecule has 3 rings (SSSR count). The molecule has 0 bridgehead atoms. The van der Waals surface area contributed by atoms with Crippen LogP contribution in [-0.4, -0.2) is 40.1 Å². The van der Waals surface area contributed by atoms with E-state index in [9.17, 15) is 9.59 Å². The van der Waals surface area contributed by atoms with Gasteiger partial charge in [-0.1, -0.05) is 23.8 Å². The highest BCUT2D eigenvalue weighted by molar-refractivity contribution is 5.99. The lowest BCUT2D eigenvalue weighted by Crippen LogP contribution is -2.35. The Morgan fingerprint density at radius 1 is 1.12 bits per heavy atom. The van der Waals surface area contributed by atoms with Crippen LogP contribution < -0.4 is 5.32 Å². The Hall–Kier alpha value is -3.41. The van der Waals surface area contributed by atoms with Gasteiger partial charge in [0, 0.05) is 30.7 Å². The molecular weight excluding hydrogens is 328 g/mol. The van der Waals surface area contributed by atoms with Crippen molar-refractivity contribution < 1.29 is 9.59 Å². The average molecular weight is 348 g/mol. The Labute approximate surface area is 152 Å². The zero-order valence-corrected chi connectivity index (χ0v) is 14.7. The molecule has 2 aromatic carbocycles. The summed E-state index contributed by atoms with van der Waals surface area (Å²) in [6.45, 7) is 1.95. The standard InChI is InChI=1S/C20H20N4O2/c1-15-7-9-17(10-8-15)22-19(25)14-23(2)20(26)16-5-3-6-18(13-16)24-12-4-11-21-24/h3-13H,14H2,1-2H3,(H,22,25). The first kappa shape index (κ1) is 17.4. The van der Waals surface area contributed by atoms with E-state index in [1.807, 2.05) is 49.5 Å². The summed E-state index contributed by atoms with van der Waals surface area (Å²) in [4.78, 5) is 26.2. The van der Waals surface area contributed by atoms with Crippen LogP contribution in [-0.2, 0) is 4.79 Å². The second kappa shape index (κ2) is 7.65. The Morgan fingerprint density at radius 2 is 1.88 bits per heavy atom. The summed E-state index contributed by atoms with van der Waals surface area (Å²) in [5.74, 6) is -0.467. The van der Waals surface area contributed by atoms with Crippen LogP contribution in [0.25, 0.3) is 5.69 Å². The van der Waals surface area contributed by atoms with Crippen LogP contribution in [0.15, 0.2) is 67.0 Å². The van der Waals surface area contributed by atoms with Crippen molar-refractivity contribution in [2.45, 2.75) is 6.92 Å². The van der Waals surface area contributed by atoms with Crippen molar-refractivity contribution in [1.82, 2.24) is 14.7 Å². The number of amides is 2. The van der Waals surface area contributed by atoms with E-state index in [2.05, 4.69) is 10.4 Å². The van der Waals surface area contributed by atoms with Crippen LogP contribution in [0.1, 0.15) is 15.9 Å². The van der Waals surface area contributed by atoms with E-state index in [4.69, 9.17) is 0 Å². The molecule has 26 heavy (non-hydrogen) atoms. The molecule has 6 heteroatoms. The molecule has 0 aliphatic rings. The molecule has 0 aliphatic carbocycles. The molecule has 6 nitrogen and oxygen atoms in total. The number of carbonyl (C=O) groups is 2. The molecule has 0 aliphatic heterocycles. The van der Waals surface area contributed by atoms with Crippen molar-refractivity contribution >= 4 is 17.5 Å². The number of rotatable bonds is 5. The van der Waals surface area contributed by atoms with E-state index >= 15 is 0 Å². The third-order valence-electron chi connectivity index (χ3n) is 3.92. The van der Waals surface area contributed by atoms with Gasteiger partial charge in [-0.15, -0.1) is 0 Å². The highest BCUT2D eigenvalue weighted by Crippen LogP contribution is 2.12. The number of carbonyl (C=O) groups excluding carboxylic acids is 2.